The zero-order chi connectivity index (χ0) is 15.1. The quantitative estimate of drug-likeness (QED) is 0.733. The molecule has 2 heterocycles. The number of aromatic amines is 1. The predicted octanol–water partition coefficient (Wildman–Crippen LogP) is 4.63. The van der Waals surface area contributed by atoms with Crippen molar-refractivity contribution in [3.8, 4) is 0 Å². The molecule has 0 amide bonds. The lowest BCUT2D eigenvalue weighted by atomic mass is 9.53. The second-order valence-electron chi connectivity index (χ2n) is 8.40. The summed E-state index contributed by atoms with van der Waals surface area (Å²) < 4.78 is 0. The first-order valence-electron chi connectivity index (χ1n) is 8.68. The summed E-state index contributed by atoms with van der Waals surface area (Å²) in [6, 6.07) is 8.79. The van der Waals surface area contributed by atoms with Crippen molar-refractivity contribution in [2.75, 3.05) is 0 Å². The Morgan fingerprint density at radius 3 is 2.86 bits per heavy atom. The lowest BCUT2D eigenvalue weighted by Gasteiger charge is -2.54. The minimum absolute atomic E-state index is 0.136. The Bertz CT molecular complexity index is 810. The first-order chi connectivity index (χ1) is 10.5. The molecule has 0 radical (unpaired) electrons. The number of nitrogens with one attached hydrogen (secondary N) is 1. The predicted molar refractivity (Wildman–Crippen MR) is 91.7 cm³/mol. The summed E-state index contributed by atoms with van der Waals surface area (Å²) >= 11 is 0. The molecule has 1 fully saturated rings. The molecule has 2 aliphatic carbocycles. The van der Waals surface area contributed by atoms with E-state index >= 15 is 0 Å². The average molecular weight is 292 g/mol. The molecule has 1 aromatic heterocycles. The third-order valence-corrected chi connectivity index (χ3v) is 6.88. The largest absolute Gasteiger partial charge is 0.358 e. The van der Waals surface area contributed by atoms with E-state index < -0.39 is 0 Å². The third kappa shape index (κ3) is 1.44. The fraction of sp³-hybridized carbons (Fsp3) is 0.550. The Kier molecular flexibility index (Phi) is 2.26. The molecule has 2 nitrogen and oxygen atoms in total. The highest BCUT2D eigenvalue weighted by atomic mass is 14.9. The van der Waals surface area contributed by atoms with Crippen molar-refractivity contribution in [1.29, 1.82) is 0 Å². The second kappa shape index (κ2) is 3.84. The zero-order valence-corrected chi connectivity index (χ0v) is 13.7. The SMILES string of the molecule is CC1(C)N=C2Cc3c([nH]c4ccccc34)[C@]3(C)CC[C@H]1C[C@H]23. The van der Waals surface area contributed by atoms with Gasteiger partial charge in [-0.05, 0) is 50.7 Å². The summed E-state index contributed by atoms with van der Waals surface area (Å²) in [5, 5.41) is 1.41. The van der Waals surface area contributed by atoms with Gasteiger partial charge >= 0.3 is 0 Å². The van der Waals surface area contributed by atoms with Gasteiger partial charge < -0.3 is 4.98 Å². The van der Waals surface area contributed by atoms with Crippen LogP contribution >= 0.6 is 0 Å². The normalized spacial score (nSPS) is 35.1. The molecule has 1 aromatic carbocycles. The van der Waals surface area contributed by atoms with E-state index in [9.17, 15) is 0 Å². The van der Waals surface area contributed by atoms with Crippen LogP contribution in [0.4, 0.5) is 0 Å². The molecule has 2 aromatic rings. The fourth-order valence-corrected chi connectivity index (χ4v) is 5.51. The van der Waals surface area contributed by atoms with Gasteiger partial charge in [-0.1, -0.05) is 25.1 Å². The van der Waals surface area contributed by atoms with Crippen molar-refractivity contribution in [1.82, 2.24) is 4.98 Å². The van der Waals surface area contributed by atoms with E-state index in [0.717, 1.165) is 12.3 Å². The van der Waals surface area contributed by atoms with Crippen molar-refractivity contribution in [3.05, 3.63) is 35.5 Å². The van der Waals surface area contributed by atoms with Crippen LogP contribution in [-0.2, 0) is 11.8 Å². The van der Waals surface area contributed by atoms with Crippen molar-refractivity contribution in [2.45, 2.75) is 57.4 Å². The van der Waals surface area contributed by atoms with Gasteiger partial charge in [0.15, 0.2) is 0 Å². The van der Waals surface area contributed by atoms with Gasteiger partial charge in [0.1, 0.15) is 0 Å². The first-order valence-corrected chi connectivity index (χ1v) is 8.68. The van der Waals surface area contributed by atoms with Crippen LogP contribution in [0.25, 0.3) is 10.9 Å². The van der Waals surface area contributed by atoms with Crippen LogP contribution in [0.2, 0.25) is 0 Å². The van der Waals surface area contributed by atoms with E-state index in [4.69, 9.17) is 4.99 Å². The van der Waals surface area contributed by atoms with Gasteiger partial charge in [-0.15, -0.1) is 0 Å². The van der Waals surface area contributed by atoms with Crippen molar-refractivity contribution >= 4 is 16.6 Å². The van der Waals surface area contributed by atoms with E-state index in [0.29, 0.717) is 5.92 Å². The molecule has 2 bridgehead atoms. The monoisotopic (exact) mass is 292 g/mol. The average Bonchev–Trinajstić information content (AvgIpc) is 2.86. The molecule has 3 atom stereocenters. The fourth-order valence-electron chi connectivity index (χ4n) is 5.51. The standard InChI is InChI=1S/C20H24N2/c1-19(2)12-8-9-20(3)15(10-12)17(22-19)11-14-13-6-4-5-7-16(13)21-18(14)20/h4-7,12,15,21H,8-11H2,1-3H3/t12-,15+,20+/m0/s1. The zero-order valence-electron chi connectivity index (χ0n) is 13.7. The number of rotatable bonds is 0. The van der Waals surface area contributed by atoms with Gasteiger partial charge in [-0.25, -0.2) is 0 Å². The first kappa shape index (κ1) is 12.9. The summed E-state index contributed by atoms with van der Waals surface area (Å²) in [5.41, 5.74) is 6.20. The second-order valence-corrected chi connectivity index (χ2v) is 8.40. The van der Waals surface area contributed by atoms with Gasteiger partial charge in [0.25, 0.3) is 0 Å². The van der Waals surface area contributed by atoms with E-state index in [1.54, 1.807) is 0 Å². The van der Waals surface area contributed by atoms with Gasteiger partial charge in [0, 0.05) is 40.1 Å². The van der Waals surface area contributed by atoms with E-state index in [2.05, 4.69) is 50.0 Å². The molecule has 114 valence electrons. The van der Waals surface area contributed by atoms with Crippen LogP contribution in [0.5, 0.6) is 0 Å². The van der Waals surface area contributed by atoms with Gasteiger partial charge in [-0.3, -0.25) is 4.99 Å². The summed E-state index contributed by atoms with van der Waals surface area (Å²) in [6.45, 7) is 7.16. The molecular weight excluding hydrogens is 268 g/mol. The molecule has 5 rings (SSSR count). The molecule has 3 aliphatic rings. The minimum Gasteiger partial charge on any atom is -0.358 e. The maximum atomic E-state index is 5.25. The lowest BCUT2D eigenvalue weighted by Crippen LogP contribution is -2.53. The number of aromatic nitrogens is 1. The Morgan fingerprint density at radius 2 is 2.00 bits per heavy atom. The number of para-hydroxylation sites is 1. The Hall–Kier alpha value is -1.57. The van der Waals surface area contributed by atoms with Crippen molar-refractivity contribution in [3.63, 3.8) is 0 Å². The molecular formula is C20H24N2. The minimum atomic E-state index is 0.136. The summed E-state index contributed by atoms with van der Waals surface area (Å²) in [5.74, 6) is 1.42. The van der Waals surface area contributed by atoms with Crippen LogP contribution in [0, 0.1) is 11.8 Å². The van der Waals surface area contributed by atoms with Gasteiger partial charge in [-0.2, -0.15) is 0 Å². The Balaban J connectivity index is 1.80. The molecule has 1 N–H and O–H groups in total. The highest BCUT2D eigenvalue weighted by molar-refractivity contribution is 5.98. The molecule has 1 aliphatic heterocycles. The van der Waals surface area contributed by atoms with Crippen molar-refractivity contribution < 1.29 is 0 Å². The summed E-state index contributed by atoms with van der Waals surface area (Å²) in [6.07, 6.45) is 4.99. The van der Waals surface area contributed by atoms with Gasteiger partial charge in [0.05, 0.1) is 5.54 Å². The highest BCUT2D eigenvalue weighted by Gasteiger charge is 2.53. The Labute approximate surface area is 132 Å². The van der Waals surface area contributed by atoms with Crippen molar-refractivity contribution in [2.24, 2.45) is 16.8 Å². The number of benzene rings is 1. The maximum absolute atomic E-state index is 5.25. The number of aliphatic imine (C=N–C) groups is 1. The highest BCUT2D eigenvalue weighted by Crippen LogP contribution is 2.56. The molecule has 0 saturated heterocycles. The summed E-state index contributed by atoms with van der Waals surface area (Å²) in [7, 11) is 0. The topological polar surface area (TPSA) is 28.1 Å². The molecule has 2 heteroatoms. The van der Waals surface area contributed by atoms with E-state index in [1.807, 2.05) is 0 Å². The van der Waals surface area contributed by atoms with Crippen LogP contribution in [0.1, 0.15) is 51.3 Å². The number of nitrogens with zero attached hydrogens (tertiary/aromatic N) is 1. The van der Waals surface area contributed by atoms with Gasteiger partial charge in [0.2, 0.25) is 0 Å². The number of H-pyrrole nitrogens is 1. The van der Waals surface area contributed by atoms with Crippen LogP contribution in [0.3, 0.4) is 0 Å². The number of hydrogen-bond acceptors (Lipinski definition) is 1. The summed E-state index contributed by atoms with van der Waals surface area (Å²) in [4.78, 5) is 9.03. The van der Waals surface area contributed by atoms with Crippen LogP contribution < -0.4 is 0 Å². The molecule has 1 saturated carbocycles. The number of hydrogen-bond donors (Lipinski definition) is 1. The maximum Gasteiger partial charge on any atom is 0.0580 e. The smallest absolute Gasteiger partial charge is 0.0580 e. The Morgan fingerprint density at radius 1 is 1.18 bits per heavy atom. The lowest BCUT2D eigenvalue weighted by molar-refractivity contribution is 0.125. The van der Waals surface area contributed by atoms with Crippen LogP contribution in [0.15, 0.2) is 29.3 Å². The van der Waals surface area contributed by atoms with Crippen LogP contribution in [-0.4, -0.2) is 16.2 Å². The van der Waals surface area contributed by atoms with E-state index in [-0.39, 0.29) is 11.0 Å². The molecule has 0 unspecified atom stereocenters. The molecule has 0 spiro atoms. The van der Waals surface area contributed by atoms with E-state index in [1.165, 1.54) is 47.1 Å². The number of fused-ring (bicyclic) bond motifs is 5. The molecule has 22 heavy (non-hydrogen) atoms. The third-order valence-electron chi connectivity index (χ3n) is 6.88.